The van der Waals surface area contributed by atoms with Gasteiger partial charge in [0.25, 0.3) is 0 Å². The van der Waals surface area contributed by atoms with Gasteiger partial charge < -0.3 is 4.74 Å². The third kappa shape index (κ3) is 2.61. The molecule has 3 aliphatic rings. The molecule has 0 aromatic carbocycles. The van der Waals surface area contributed by atoms with Crippen LogP contribution in [0.1, 0.15) is 57.8 Å². The second-order valence-electron chi connectivity index (χ2n) is 6.80. The van der Waals surface area contributed by atoms with Crippen LogP contribution in [0.2, 0.25) is 0 Å². The molecule has 2 saturated carbocycles. The lowest BCUT2D eigenvalue weighted by Crippen LogP contribution is -2.46. The van der Waals surface area contributed by atoms with Crippen molar-refractivity contribution in [3.8, 4) is 6.07 Å². The van der Waals surface area contributed by atoms with Crippen molar-refractivity contribution in [3.63, 3.8) is 0 Å². The van der Waals surface area contributed by atoms with Gasteiger partial charge in [-0.1, -0.05) is 44.9 Å². The molecule has 1 saturated heterocycles. The molecular weight excluding hydrogens is 248 g/mol. The number of hydrogen-bond donors (Lipinski definition) is 0. The molecule has 0 spiro atoms. The summed E-state index contributed by atoms with van der Waals surface area (Å²) in [6.07, 6.45) is 12.2. The Hall–Kier alpha value is -0.590. The van der Waals surface area contributed by atoms with Crippen molar-refractivity contribution in [2.75, 3.05) is 26.3 Å². The average molecular weight is 276 g/mol. The summed E-state index contributed by atoms with van der Waals surface area (Å²) in [7, 11) is 0. The smallest absolute Gasteiger partial charge is 0.115 e. The molecule has 0 amide bonds. The van der Waals surface area contributed by atoms with Crippen LogP contribution >= 0.6 is 0 Å². The number of hydrogen-bond acceptors (Lipinski definition) is 3. The van der Waals surface area contributed by atoms with Crippen molar-refractivity contribution in [1.29, 1.82) is 5.26 Å². The Bertz CT molecular complexity index is 340. The zero-order valence-electron chi connectivity index (χ0n) is 12.6. The minimum absolute atomic E-state index is 0.122. The van der Waals surface area contributed by atoms with Gasteiger partial charge in [0.2, 0.25) is 0 Å². The minimum atomic E-state index is -0.122. The van der Waals surface area contributed by atoms with E-state index in [0.29, 0.717) is 11.8 Å². The normalized spacial score (nSPS) is 40.1. The molecular formula is C17H28N2O. The molecule has 3 rings (SSSR count). The number of morpholine rings is 1. The number of nitrogens with zero attached hydrogens (tertiary/aromatic N) is 2. The summed E-state index contributed by atoms with van der Waals surface area (Å²) in [5.74, 6) is 1.28. The van der Waals surface area contributed by atoms with Crippen molar-refractivity contribution in [2.45, 2.75) is 63.3 Å². The van der Waals surface area contributed by atoms with Crippen LogP contribution in [-0.4, -0.2) is 36.7 Å². The van der Waals surface area contributed by atoms with E-state index in [1.165, 1.54) is 57.8 Å². The summed E-state index contributed by atoms with van der Waals surface area (Å²) in [6.45, 7) is 3.53. The SMILES string of the molecule is N#CC1(N2CCOCC2)C2CCCCCCCCCC21. The lowest BCUT2D eigenvalue weighted by atomic mass is 10.0. The summed E-state index contributed by atoms with van der Waals surface area (Å²) in [5, 5.41) is 9.89. The van der Waals surface area contributed by atoms with Gasteiger partial charge in [-0.15, -0.1) is 0 Å². The molecule has 3 fully saturated rings. The molecule has 0 N–H and O–H groups in total. The van der Waals surface area contributed by atoms with Crippen LogP contribution in [-0.2, 0) is 4.74 Å². The largest absolute Gasteiger partial charge is 0.379 e. The summed E-state index contributed by atoms with van der Waals surface area (Å²) in [5.41, 5.74) is -0.122. The molecule has 0 aromatic heterocycles. The highest BCUT2D eigenvalue weighted by molar-refractivity contribution is 5.30. The molecule has 3 nitrogen and oxygen atoms in total. The monoisotopic (exact) mass is 276 g/mol. The van der Waals surface area contributed by atoms with E-state index in [4.69, 9.17) is 4.74 Å². The van der Waals surface area contributed by atoms with Crippen molar-refractivity contribution < 1.29 is 4.74 Å². The van der Waals surface area contributed by atoms with E-state index in [0.717, 1.165) is 26.3 Å². The fourth-order valence-corrected chi connectivity index (χ4v) is 4.62. The van der Waals surface area contributed by atoms with Crippen molar-refractivity contribution in [3.05, 3.63) is 0 Å². The van der Waals surface area contributed by atoms with E-state index in [2.05, 4.69) is 11.0 Å². The highest BCUT2D eigenvalue weighted by atomic mass is 16.5. The lowest BCUT2D eigenvalue weighted by molar-refractivity contribution is 0.0150. The van der Waals surface area contributed by atoms with Crippen LogP contribution in [0.25, 0.3) is 0 Å². The lowest BCUT2D eigenvalue weighted by Gasteiger charge is -2.32. The van der Waals surface area contributed by atoms with Crippen LogP contribution in [0.4, 0.5) is 0 Å². The zero-order chi connectivity index (χ0) is 13.8. The standard InChI is InChI=1S/C17H28N2O/c18-14-17(19-10-12-20-13-11-19)15-8-6-4-2-1-3-5-7-9-16(15)17/h15-16H,1-13H2. The first kappa shape index (κ1) is 14.4. The third-order valence-corrected chi connectivity index (χ3v) is 5.75. The highest BCUT2D eigenvalue weighted by Gasteiger charge is 2.67. The summed E-state index contributed by atoms with van der Waals surface area (Å²) in [4.78, 5) is 2.46. The molecule has 112 valence electrons. The van der Waals surface area contributed by atoms with Crippen LogP contribution in [0.3, 0.4) is 0 Å². The number of ether oxygens (including phenoxy) is 1. The Morgan fingerprint density at radius 1 is 0.850 bits per heavy atom. The van der Waals surface area contributed by atoms with Gasteiger partial charge in [-0.05, 0) is 24.7 Å². The van der Waals surface area contributed by atoms with Gasteiger partial charge in [0.05, 0.1) is 19.3 Å². The Labute approximate surface area is 123 Å². The second kappa shape index (κ2) is 6.45. The summed E-state index contributed by atoms with van der Waals surface area (Å²) < 4.78 is 5.48. The maximum absolute atomic E-state index is 9.89. The average Bonchev–Trinajstić information content (AvgIpc) is 3.14. The van der Waals surface area contributed by atoms with Crippen molar-refractivity contribution in [2.24, 2.45) is 11.8 Å². The van der Waals surface area contributed by atoms with Crippen molar-refractivity contribution in [1.82, 2.24) is 4.90 Å². The molecule has 3 heteroatoms. The zero-order valence-corrected chi connectivity index (χ0v) is 12.6. The van der Waals surface area contributed by atoms with Gasteiger partial charge in [-0.25, -0.2) is 0 Å². The predicted molar refractivity (Wildman–Crippen MR) is 79.3 cm³/mol. The molecule has 1 heterocycles. The first-order valence-corrected chi connectivity index (χ1v) is 8.63. The first-order valence-electron chi connectivity index (χ1n) is 8.63. The summed E-state index contributed by atoms with van der Waals surface area (Å²) >= 11 is 0. The Balaban J connectivity index is 1.69. The van der Waals surface area contributed by atoms with Crippen LogP contribution < -0.4 is 0 Å². The molecule has 0 radical (unpaired) electrons. The molecule has 20 heavy (non-hydrogen) atoms. The fourth-order valence-electron chi connectivity index (χ4n) is 4.62. The maximum atomic E-state index is 9.89. The van der Waals surface area contributed by atoms with E-state index >= 15 is 0 Å². The van der Waals surface area contributed by atoms with Crippen molar-refractivity contribution >= 4 is 0 Å². The Morgan fingerprint density at radius 3 is 1.85 bits per heavy atom. The number of nitriles is 1. The molecule has 2 unspecified atom stereocenters. The second-order valence-corrected chi connectivity index (χ2v) is 6.80. The van der Waals surface area contributed by atoms with Gasteiger partial charge in [-0.2, -0.15) is 5.26 Å². The van der Waals surface area contributed by atoms with Crippen LogP contribution in [0, 0.1) is 23.2 Å². The van der Waals surface area contributed by atoms with Gasteiger partial charge in [0.15, 0.2) is 0 Å². The maximum Gasteiger partial charge on any atom is 0.115 e. The molecule has 0 bridgehead atoms. The number of fused-ring (bicyclic) bond motifs is 1. The van der Waals surface area contributed by atoms with Gasteiger partial charge in [0, 0.05) is 13.1 Å². The van der Waals surface area contributed by atoms with Gasteiger partial charge in [0.1, 0.15) is 5.54 Å². The molecule has 0 aromatic rings. The molecule has 2 aliphatic carbocycles. The highest BCUT2D eigenvalue weighted by Crippen LogP contribution is 2.59. The van der Waals surface area contributed by atoms with E-state index in [1.807, 2.05) is 0 Å². The number of rotatable bonds is 1. The van der Waals surface area contributed by atoms with Crippen LogP contribution in [0.5, 0.6) is 0 Å². The van der Waals surface area contributed by atoms with Gasteiger partial charge >= 0.3 is 0 Å². The topological polar surface area (TPSA) is 36.3 Å². The van der Waals surface area contributed by atoms with E-state index in [1.54, 1.807) is 0 Å². The summed E-state index contributed by atoms with van der Waals surface area (Å²) in [6, 6.07) is 2.75. The van der Waals surface area contributed by atoms with E-state index in [-0.39, 0.29) is 5.54 Å². The van der Waals surface area contributed by atoms with E-state index in [9.17, 15) is 5.26 Å². The molecule has 2 atom stereocenters. The van der Waals surface area contributed by atoms with Gasteiger partial charge in [-0.3, -0.25) is 4.90 Å². The predicted octanol–water partition coefficient (Wildman–Crippen LogP) is 3.35. The third-order valence-electron chi connectivity index (χ3n) is 5.75. The van der Waals surface area contributed by atoms with E-state index < -0.39 is 0 Å². The Kier molecular flexibility index (Phi) is 4.63. The fraction of sp³-hybridized carbons (Fsp3) is 0.941. The quantitative estimate of drug-likeness (QED) is 0.737. The molecule has 1 aliphatic heterocycles. The minimum Gasteiger partial charge on any atom is -0.379 e. The Morgan fingerprint density at radius 2 is 1.35 bits per heavy atom. The van der Waals surface area contributed by atoms with Crippen LogP contribution in [0.15, 0.2) is 0 Å². The first-order chi connectivity index (χ1) is 9.89.